The van der Waals surface area contributed by atoms with E-state index in [4.69, 9.17) is 4.74 Å². The summed E-state index contributed by atoms with van der Waals surface area (Å²) in [6, 6.07) is 12.1. The number of esters is 1. The molecule has 2 aromatic heterocycles. The Morgan fingerprint density at radius 1 is 1.13 bits per heavy atom. The van der Waals surface area contributed by atoms with Crippen LogP contribution in [0.3, 0.4) is 0 Å². The van der Waals surface area contributed by atoms with E-state index in [1.165, 1.54) is 30.3 Å². The molecule has 0 amide bonds. The normalized spacial score (nSPS) is 10.7. The molecule has 0 saturated heterocycles. The van der Waals surface area contributed by atoms with E-state index in [9.17, 15) is 14.0 Å². The fourth-order valence-electron chi connectivity index (χ4n) is 2.45. The van der Waals surface area contributed by atoms with Crippen LogP contribution in [0.15, 0.2) is 54.7 Å². The zero-order chi connectivity index (χ0) is 16.4. The van der Waals surface area contributed by atoms with Gasteiger partial charge in [0.2, 0.25) is 0 Å². The fraction of sp³-hybridized carbons (Fsp3) is 0.111. The number of ether oxygens (including phenoxy) is 1. The number of aromatic nitrogens is 1. The number of ketones is 1. The predicted molar refractivity (Wildman–Crippen MR) is 83.2 cm³/mol. The Balaban J connectivity index is 2.12. The van der Waals surface area contributed by atoms with Gasteiger partial charge in [-0.15, -0.1) is 0 Å². The van der Waals surface area contributed by atoms with Crippen LogP contribution in [0.2, 0.25) is 0 Å². The minimum Gasteiger partial charge on any atom is -0.461 e. The lowest BCUT2D eigenvalue weighted by Crippen LogP contribution is -2.07. The zero-order valence-corrected chi connectivity index (χ0v) is 12.5. The number of halogens is 1. The van der Waals surface area contributed by atoms with Crippen LogP contribution < -0.4 is 0 Å². The van der Waals surface area contributed by atoms with Crippen molar-refractivity contribution in [2.24, 2.45) is 0 Å². The Kier molecular flexibility index (Phi) is 3.93. The van der Waals surface area contributed by atoms with Crippen LogP contribution in [-0.4, -0.2) is 22.8 Å². The first kappa shape index (κ1) is 15.0. The topological polar surface area (TPSA) is 47.8 Å². The fourth-order valence-corrected chi connectivity index (χ4v) is 2.45. The molecule has 1 aromatic carbocycles. The number of hydrogen-bond donors (Lipinski definition) is 0. The van der Waals surface area contributed by atoms with Gasteiger partial charge in [-0.2, -0.15) is 0 Å². The largest absolute Gasteiger partial charge is 0.461 e. The molecule has 0 saturated carbocycles. The lowest BCUT2D eigenvalue weighted by atomic mass is 10.0. The minimum atomic E-state index is -0.494. The standard InChI is InChI=1S/C18H14FNO3/c1-2-23-18(22)16-11-14(15-5-3-4-10-20(15)16)17(21)12-6-8-13(19)9-7-12/h3-11H,2H2,1H3. The maximum atomic E-state index is 13.0. The van der Waals surface area contributed by atoms with E-state index < -0.39 is 11.8 Å². The van der Waals surface area contributed by atoms with Crippen LogP contribution in [0.4, 0.5) is 4.39 Å². The molecule has 3 aromatic rings. The molecule has 3 rings (SSSR count). The van der Waals surface area contributed by atoms with E-state index in [1.807, 2.05) is 0 Å². The van der Waals surface area contributed by atoms with Crippen molar-refractivity contribution in [1.29, 1.82) is 0 Å². The first-order valence-corrected chi connectivity index (χ1v) is 7.19. The molecule has 23 heavy (non-hydrogen) atoms. The van der Waals surface area contributed by atoms with Crippen molar-refractivity contribution in [3.8, 4) is 0 Å². The first-order chi connectivity index (χ1) is 11.1. The van der Waals surface area contributed by atoms with E-state index in [0.717, 1.165) is 0 Å². The average Bonchev–Trinajstić information content (AvgIpc) is 2.95. The summed E-state index contributed by atoms with van der Waals surface area (Å²) in [7, 11) is 0. The summed E-state index contributed by atoms with van der Waals surface area (Å²) in [6.45, 7) is 1.97. The van der Waals surface area contributed by atoms with Gasteiger partial charge in [-0.1, -0.05) is 6.07 Å². The number of hydrogen-bond acceptors (Lipinski definition) is 3. The lowest BCUT2D eigenvalue weighted by molar-refractivity contribution is 0.0518. The Bertz CT molecular complexity index is 881. The van der Waals surface area contributed by atoms with Crippen LogP contribution >= 0.6 is 0 Å². The van der Waals surface area contributed by atoms with Crippen molar-refractivity contribution in [2.45, 2.75) is 6.92 Å². The molecule has 0 unspecified atom stereocenters. The van der Waals surface area contributed by atoms with Crippen LogP contribution in [-0.2, 0) is 4.74 Å². The summed E-state index contributed by atoms with van der Waals surface area (Å²) in [6.07, 6.45) is 1.70. The number of carbonyl (C=O) groups is 2. The van der Waals surface area contributed by atoms with Gasteiger partial charge in [0.1, 0.15) is 11.5 Å². The van der Waals surface area contributed by atoms with E-state index in [2.05, 4.69) is 0 Å². The molecular weight excluding hydrogens is 297 g/mol. The smallest absolute Gasteiger partial charge is 0.355 e. The molecule has 0 spiro atoms. The number of fused-ring (bicyclic) bond motifs is 1. The highest BCUT2D eigenvalue weighted by molar-refractivity contribution is 6.14. The van der Waals surface area contributed by atoms with Crippen molar-refractivity contribution >= 4 is 17.3 Å². The van der Waals surface area contributed by atoms with Crippen LogP contribution in [0.5, 0.6) is 0 Å². The van der Waals surface area contributed by atoms with Gasteiger partial charge in [0.05, 0.1) is 12.1 Å². The van der Waals surface area contributed by atoms with Crippen molar-refractivity contribution in [3.05, 3.63) is 77.4 Å². The second-order valence-corrected chi connectivity index (χ2v) is 4.96. The van der Waals surface area contributed by atoms with Crippen LogP contribution in [0, 0.1) is 5.82 Å². The van der Waals surface area contributed by atoms with E-state index >= 15 is 0 Å². The third-order valence-corrected chi connectivity index (χ3v) is 3.51. The highest BCUT2D eigenvalue weighted by Crippen LogP contribution is 2.21. The predicted octanol–water partition coefficient (Wildman–Crippen LogP) is 3.49. The highest BCUT2D eigenvalue weighted by atomic mass is 19.1. The maximum Gasteiger partial charge on any atom is 0.355 e. The van der Waals surface area contributed by atoms with Crippen molar-refractivity contribution in [2.75, 3.05) is 6.61 Å². The summed E-state index contributed by atoms with van der Waals surface area (Å²) in [5, 5.41) is 0. The van der Waals surface area contributed by atoms with Gasteiger partial charge in [-0.05, 0) is 49.4 Å². The zero-order valence-electron chi connectivity index (χ0n) is 12.5. The molecule has 0 radical (unpaired) electrons. The molecule has 0 aliphatic heterocycles. The molecular formula is C18H14FNO3. The Labute approximate surface area is 132 Å². The third kappa shape index (κ3) is 2.73. The summed E-state index contributed by atoms with van der Waals surface area (Å²) in [4.78, 5) is 24.7. The van der Waals surface area contributed by atoms with Gasteiger partial charge < -0.3 is 9.14 Å². The minimum absolute atomic E-state index is 0.250. The molecule has 4 nitrogen and oxygen atoms in total. The van der Waals surface area contributed by atoms with E-state index in [-0.39, 0.29) is 18.1 Å². The molecule has 5 heteroatoms. The second kappa shape index (κ2) is 6.04. The molecule has 0 aliphatic carbocycles. The number of rotatable bonds is 4. The molecule has 0 fully saturated rings. The summed E-state index contributed by atoms with van der Waals surface area (Å²) in [5.74, 6) is -1.17. The van der Waals surface area contributed by atoms with Gasteiger partial charge in [0.15, 0.2) is 5.78 Å². The highest BCUT2D eigenvalue weighted by Gasteiger charge is 2.20. The van der Waals surface area contributed by atoms with Crippen molar-refractivity contribution < 1.29 is 18.7 Å². The lowest BCUT2D eigenvalue weighted by Gasteiger charge is -2.02. The molecule has 0 N–H and O–H groups in total. The quantitative estimate of drug-likeness (QED) is 0.547. The number of nitrogens with zero attached hydrogens (tertiary/aromatic N) is 1. The Hall–Kier alpha value is -2.95. The average molecular weight is 311 g/mol. The molecule has 0 atom stereocenters. The summed E-state index contributed by atoms with van der Waals surface area (Å²) < 4.78 is 19.7. The number of pyridine rings is 1. The van der Waals surface area contributed by atoms with E-state index in [1.54, 1.807) is 35.7 Å². The monoisotopic (exact) mass is 311 g/mol. The van der Waals surface area contributed by atoms with Crippen molar-refractivity contribution in [3.63, 3.8) is 0 Å². The summed E-state index contributed by atoms with van der Waals surface area (Å²) in [5.41, 5.74) is 1.62. The second-order valence-electron chi connectivity index (χ2n) is 4.96. The van der Waals surface area contributed by atoms with Gasteiger partial charge in [0, 0.05) is 17.3 Å². The maximum absolute atomic E-state index is 13.0. The van der Waals surface area contributed by atoms with Gasteiger partial charge in [-0.25, -0.2) is 9.18 Å². The summed E-state index contributed by atoms with van der Waals surface area (Å²) >= 11 is 0. The third-order valence-electron chi connectivity index (χ3n) is 3.51. The Morgan fingerprint density at radius 2 is 1.87 bits per heavy atom. The Morgan fingerprint density at radius 3 is 2.57 bits per heavy atom. The molecule has 0 bridgehead atoms. The van der Waals surface area contributed by atoms with Gasteiger partial charge in [0.25, 0.3) is 0 Å². The van der Waals surface area contributed by atoms with Gasteiger partial charge in [-0.3, -0.25) is 4.79 Å². The molecule has 116 valence electrons. The van der Waals surface area contributed by atoms with E-state index in [0.29, 0.717) is 16.6 Å². The molecule has 0 aliphatic rings. The number of carbonyl (C=O) groups excluding carboxylic acids is 2. The number of benzene rings is 1. The first-order valence-electron chi connectivity index (χ1n) is 7.19. The SMILES string of the molecule is CCOC(=O)c1cc(C(=O)c2ccc(F)cc2)c2ccccn12. The van der Waals surface area contributed by atoms with Crippen LogP contribution in [0.1, 0.15) is 33.3 Å². The van der Waals surface area contributed by atoms with Crippen molar-refractivity contribution in [1.82, 2.24) is 4.40 Å². The van der Waals surface area contributed by atoms with Gasteiger partial charge >= 0.3 is 5.97 Å². The molecule has 2 heterocycles. The van der Waals surface area contributed by atoms with Crippen LogP contribution in [0.25, 0.3) is 5.52 Å².